The molecule has 2 heterocycles. The minimum Gasteiger partial charge on any atom is -0.489 e. The Morgan fingerprint density at radius 1 is 1.07 bits per heavy atom. The fraction of sp³-hybridized carbons (Fsp3) is 0.161. The average molecular weight is 553 g/mol. The zero-order valence-corrected chi connectivity index (χ0v) is 22.1. The topological polar surface area (TPSA) is 119 Å². The Labute approximate surface area is 234 Å². The number of carbonyl (C=O) groups is 1. The van der Waals surface area contributed by atoms with Gasteiger partial charge in [0.25, 0.3) is 5.56 Å². The second kappa shape index (κ2) is 11.9. The maximum absolute atomic E-state index is 14.2. The van der Waals surface area contributed by atoms with Gasteiger partial charge in [-0.3, -0.25) is 4.79 Å². The molecular weight excluding hydrogens is 527 g/mol. The predicted octanol–water partition coefficient (Wildman–Crippen LogP) is 4.85. The first-order valence-electron chi connectivity index (χ1n) is 12.7. The molecule has 10 heteroatoms. The summed E-state index contributed by atoms with van der Waals surface area (Å²) in [7, 11) is 1.58. The molecule has 0 aliphatic heterocycles. The highest BCUT2D eigenvalue weighted by molar-refractivity contribution is 5.92. The van der Waals surface area contributed by atoms with Gasteiger partial charge in [-0.2, -0.15) is 5.26 Å². The first-order valence-corrected chi connectivity index (χ1v) is 12.7. The van der Waals surface area contributed by atoms with Gasteiger partial charge in [-0.1, -0.05) is 18.2 Å². The van der Waals surface area contributed by atoms with Gasteiger partial charge in [0.15, 0.2) is 0 Å². The number of hydrogen-bond donors (Lipinski definition) is 1. The van der Waals surface area contributed by atoms with E-state index in [-0.39, 0.29) is 29.8 Å². The highest BCUT2D eigenvalue weighted by Crippen LogP contribution is 2.25. The Hall–Kier alpha value is -5.27. The number of methoxy groups -OCH3 is 1. The number of ether oxygens (including phenoxy) is 2. The van der Waals surface area contributed by atoms with Gasteiger partial charge in [0, 0.05) is 31.5 Å². The highest BCUT2D eigenvalue weighted by Gasteiger charge is 2.15. The van der Waals surface area contributed by atoms with Crippen LogP contribution in [0.3, 0.4) is 0 Å². The molecule has 0 atom stereocenters. The monoisotopic (exact) mass is 552 g/mol. The SMILES string of the molecule is COCCn1c(Cn2ccc(-c3cccc(OCc4ccc(C#N)cc4F)c3)cc2=O)nc2ccc(C(=O)O)cc21. The first kappa shape index (κ1) is 27.3. The molecule has 0 bridgehead atoms. The van der Waals surface area contributed by atoms with Gasteiger partial charge in [0.2, 0.25) is 0 Å². The van der Waals surface area contributed by atoms with E-state index in [0.29, 0.717) is 46.9 Å². The van der Waals surface area contributed by atoms with Crippen molar-refractivity contribution in [2.45, 2.75) is 19.7 Å². The molecule has 2 aromatic heterocycles. The number of imidazole rings is 1. The van der Waals surface area contributed by atoms with Gasteiger partial charge in [0.1, 0.15) is 24.0 Å². The zero-order valence-electron chi connectivity index (χ0n) is 22.1. The highest BCUT2D eigenvalue weighted by atomic mass is 19.1. The Morgan fingerprint density at radius 2 is 1.90 bits per heavy atom. The fourth-order valence-electron chi connectivity index (χ4n) is 4.49. The molecule has 9 nitrogen and oxygen atoms in total. The minimum absolute atomic E-state index is 0.0133. The molecule has 0 aliphatic rings. The summed E-state index contributed by atoms with van der Waals surface area (Å²) in [6.07, 6.45) is 1.68. The van der Waals surface area contributed by atoms with Crippen molar-refractivity contribution in [1.82, 2.24) is 14.1 Å². The molecule has 5 aromatic rings. The van der Waals surface area contributed by atoms with Crippen molar-refractivity contribution in [3.63, 3.8) is 0 Å². The minimum atomic E-state index is -1.03. The molecule has 0 unspecified atom stereocenters. The van der Waals surface area contributed by atoms with Gasteiger partial charge >= 0.3 is 5.97 Å². The summed E-state index contributed by atoms with van der Waals surface area (Å²) < 4.78 is 28.6. The number of pyridine rings is 1. The summed E-state index contributed by atoms with van der Waals surface area (Å²) in [5.74, 6) is -0.444. The molecule has 0 saturated carbocycles. The Morgan fingerprint density at radius 3 is 2.63 bits per heavy atom. The molecule has 0 spiro atoms. The van der Waals surface area contributed by atoms with E-state index in [1.54, 1.807) is 43.6 Å². The second-order valence-corrected chi connectivity index (χ2v) is 9.30. The molecule has 0 saturated heterocycles. The van der Waals surface area contributed by atoms with Crippen LogP contribution in [0.1, 0.15) is 27.3 Å². The van der Waals surface area contributed by atoms with Crippen molar-refractivity contribution >= 4 is 17.0 Å². The number of nitriles is 1. The van der Waals surface area contributed by atoms with Crippen LogP contribution < -0.4 is 10.3 Å². The van der Waals surface area contributed by atoms with Crippen LogP contribution in [0.5, 0.6) is 5.75 Å². The van der Waals surface area contributed by atoms with Crippen LogP contribution in [0.15, 0.2) is 83.8 Å². The van der Waals surface area contributed by atoms with E-state index >= 15 is 0 Å². The largest absolute Gasteiger partial charge is 0.489 e. The number of halogens is 1. The molecule has 41 heavy (non-hydrogen) atoms. The molecule has 5 rings (SSSR count). The van der Waals surface area contributed by atoms with Crippen LogP contribution in [0.2, 0.25) is 0 Å². The Balaban J connectivity index is 1.37. The lowest BCUT2D eigenvalue weighted by Gasteiger charge is -2.12. The number of nitrogens with zero attached hydrogens (tertiary/aromatic N) is 4. The molecule has 0 radical (unpaired) electrons. The van der Waals surface area contributed by atoms with Crippen molar-refractivity contribution in [2.75, 3.05) is 13.7 Å². The number of carboxylic acids is 1. The summed E-state index contributed by atoms with van der Waals surface area (Å²) in [6.45, 7) is 0.997. The van der Waals surface area contributed by atoms with E-state index < -0.39 is 11.8 Å². The Kier molecular flexibility index (Phi) is 7.90. The molecule has 3 aromatic carbocycles. The number of benzene rings is 3. The van der Waals surface area contributed by atoms with Gasteiger partial charge in [-0.25, -0.2) is 14.2 Å². The van der Waals surface area contributed by atoms with Crippen molar-refractivity contribution in [2.24, 2.45) is 0 Å². The van der Waals surface area contributed by atoms with E-state index in [9.17, 15) is 19.1 Å². The van der Waals surface area contributed by atoms with E-state index in [0.717, 1.165) is 5.56 Å². The van der Waals surface area contributed by atoms with Crippen LogP contribution in [-0.2, 0) is 24.4 Å². The first-order chi connectivity index (χ1) is 19.9. The number of carboxylic acid groups (broad SMARTS) is 1. The summed E-state index contributed by atoms with van der Waals surface area (Å²) in [5.41, 5.74) is 3.18. The number of aromatic nitrogens is 3. The average Bonchev–Trinajstić information content (AvgIpc) is 3.32. The normalized spacial score (nSPS) is 11.0. The van der Waals surface area contributed by atoms with Crippen LogP contribution in [-0.4, -0.2) is 38.9 Å². The van der Waals surface area contributed by atoms with E-state index in [4.69, 9.17) is 14.7 Å². The fourth-order valence-corrected chi connectivity index (χ4v) is 4.49. The summed E-state index contributed by atoms with van der Waals surface area (Å²) in [4.78, 5) is 29.3. The zero-order chi connectivity index (χ0) is 28.9. The molecule has 1 N–H and O–H groups in total. The van der Waals surface area contributed by atoms with E-state index in [2.05, 4.69) is 4.98 Å². The van der Waals surface area contributed by atoms with Crippen molar-refractivity contribution < 1.29 is 23.8 Å². The lowest BCUT2D eigenvalue weighted by atomic mass is 10.1. The third-order valence-electron chi connectivity index (χ3n) is 6.64. The van der Waals surface area contributed by atoms with Gasteiger partial charge in [-0.15, -0.1) is 0 Å². The number of rotatable bonds is 10. The number of hydrogen-bond acceptors (Lipinski definition) is 6. The third-order valence-corrected chi connectivity index (χ3v) is 6.64. The van der Waals surface area contributed by atoms with Crippen molar-refractivity contribution in [3.8, 4) is 22.9 Å². The summed E-state index contributed by atoms with van der Waals surface area (Å²) >= 11 is 0. The molecule has 206 valence electrons. The Bertz CT molecular complexity index is 1850. The maximum atomic E-state index is 14.2. The van der Waals surface area contributed by atoms with Crippen molar-refractivity contribution in [3.05, 3.63) is 118 Å². The van der Waals surface area contributed by atoms with E-state index in [1.165, 1.54) is 34.9 Å². The maximum Gasteiger partial charge on any atom is 0.335 e. The van der Waals surface area contributed by atoms with Crippen molar-refractivity contribution in [1.29, 1.82) is 5.26 Å². The summed E-state index contributed by atoms with van der Waals surface area (Å²) in [5, 5.41) is 18.3. The van der Waals surface area contributed by atoms with Crippen LogP contribution in [0.25, 0.3) is 22.2 Å². The second-order valence-electron chi connectivity index (χ2n) is 9.30. The standard InChI is InChI=1S/C31H25FN4O5/c1-40-12-11-36-28-15-23(31(38)39)7-8-27(28)34-29(36)18-35-10-9-22(16-30(35)37)21-3-2-4-25(14-21)41-19-24-6-5-20(17-33)13-26(24)32/h2-10,13-16H,11-12,18-19H2,1H3,(H,38,39). The van der Waals surface area contributed by atoms with Crippen LogP contribution >= 0.6 is 0 Å². The van der Waals surface area contributed by atoms with Gasteiger partial charge in [-0.05, 0) is 59.7 Å². The molecule has 0 amide bonds. The summed E-state index contributed by atoms with van der Waals surface area (Å²) in [6, 6.07) is 21.3. The molecule has 0 fully saturated rings. The molecule has 0 aliphatic carbocycles. The number of aromatic carboxylic acids is 1. The van der Waals surface area contributed by atoms with Gasteiger partial charge in [0.05, 0.1) is 41.4 Å². The smallest absolute Gasteiger partial charge is 0.335 e. The lowest BCUT2D eigenvalue weighted by Crippen LogP contribution is -2.21. The lowest BCUT2D eigenvalue weighted by molar-refractivity contribution is 0.0697. The molecular formula is C31H25FN4O5. The number of fused-ring (bicyclic) bond motifs is 1. The van der Waals surface area contributed by atoms with Gasteiger partial charge < -0.3 is 23.7 Å². The van der Waals surface area contributed by atoms with Crippen LogP contribution in [0.4, 0.5) is 4.39 Å². The predicted molar refractivity (Wildman–Crippen MR) is 149 cm³/mol. The third kappa shape index (κ3) is 6.00. The van der Waals surface area contributed by atoms with Crippen LogP contribution in [0, 0.1) is 17.1 Å². The van der Waals surface area contributed by atoms with E-state index in [1.807, 2.05) is 22.8 Å². The quantitative estimate of drug-likeness (QED) is 0.263.